The number of hydrogen-bond donors (Lipinski definition) is 2. The van der Waals surface area contributed by atoms with Gasteiger partial charge in [0, 0.05) is 42.2 Å². The number of nitrogens with zero attached hydrogens (tertiary/aromatic N) is 4. The number of aromatic nitrogens is 3. The van der Waals surface area contributed by atoms with Crippen molar-refractivity contribution in [2.45, 2.75) is 18.9 Å². The first-order valence-corrected chi connectivity index (χ1v) is 10.1. The number of nitrogens with one attached hydrogen (secondary N) is 1. The second-order valence-corrected chi connectivity index (χ2v) is 7.70. The average molecular weight is 474 g/mol. The van der Waals surface area contributed by atoms with Crippen LogP contribution in [0.1, 0.15) is 24.1 Å². The molecule has 0 saturated carbocycles. The predicted octanol–water partition coefficient (Wildman–Crippen LogP) is 4.75. The molecular weight excluding hydrogens is 449 g/mol. The van der Waals surface area contributed by atoms with Crippen LogP contribution in [0.15, 0.2) is 47.6 Å². The smallest absolute Gasteiger partial charge is 0.237 e. The molecule has 0 radical (unpaired) electrons. The van der Waals surface area contributed by atoms with E-state index in [1.54, 1.807) is 12.4 Å². The SMILES string of the molecule is CN1CCC(Oc2ccc(-c3nc(O)c(/C=C4\C=Nc5ncccc54)[nH]3)cc2)CC1.Cl.Cl. The summed E-state index contributed by atoms with van der Waals surface area (Å²) in [5.74, 6) is 2.10. The van der Waals surface area contributed by atoms with Gasteiger partial charge < -0.3 is 19.7 Å². The molecule has 1 saturated heterocycles. The minimum Gasteiger partial charge on any atom is -0.492 e. The fourth-order valence-electron chi connectivity index (χ4n) is 3.80. The average Bonchev–Trinajstić information content (AvgIpc) is 3.34. The quantitative estimate of drug-likeness (QED) is 0.570. The van der Waals surface area contributed by atoms with Crippen molar-refractivity contribution in [3.05, 3.63) is 53.9 Å². The maximum Gasteiger partial charge on any atom is 0.237 e. The molecule has 32 heavy (non-hydrogen) atoms. The number of aromatic hydroxyl groups is 1. The summed E-state index contributed by atoms with van der Waals surface area (Å²) < 4.78 is 6.11. The van der Waals surface area contributed by atoms with Gasteiger partial charge in [-0.05, 0) is 62.4 Å². The topological polar surface area (TPSA) is 86.6 Å². The Bertz CT molecular complexity index is 1120. The molecule has 2 N–H and O–H groups in total. The predicted molar refractivity (Wildman–Crippen MR) is 132 cm³/mol. The Morgan fingerprint density at radius 2 is 1.88 bits per heavy atom. The van der Waals surface area contributed by atoms with Crippen molar-refractivity contribution in [2.24, 2.45) is 4.99 Å². The molecular formula is C23H25Cl2N5O2. The van der Waals surface area contributed by atoms with E-state index >= 15 is 0 Å². The standard InChI is InChI=1S/C23H23N5O2.2ClH/c1-28-11-8-18(9-12-28)30-17-6-4-15(5-7-17)21-26-20(23(29)27-21)13-16-14-25-22-19(16)3-2-10-24-22;;/h2-7,10,13-14,18,29H,8-9,11-12H2,1H3,(H,26,27);2*1H/b16-13+;;. The van der Waals surface area contributed by atoms with Crippen molar-refractivity contribution in [3.8, 4) is 23.0 Å². The number of halogens is 2. The lowest BCUT2D eigenvalue weighted by atomic mass is 10.1. The second-order valence-electron chi connectivity index (χ2n) is 7.70. The molecule has 1 fully saturated rings. The molecule has 7 nitrogen and oxygen atoms in total. The van der Waals surface area contributed by atoms with Gasteiger partial charge >= 0.3 is 0 Å². The molecule has 0 atom stereocenters. The van der Waals surface area contributed by atoms with E-state index in [2.05, 4.69) is 31.9 Å². The minimum atomic E-state index is -0.0464. The van der Waals surface area contributed by atoms with Crippen molar-refractivity contribution in [1.29, 1.82) is 0 Å². The zero-order valence-electron chi connectivity index (χ0n) is 17.6. The number of H-pyrrole nitrogens is 1. The summed E-state index contributed by atoms with van der Waals surface area (Å²) in [6.07, 6.45) is 7.65. The molecule has 168 valence electrons. The Kier molecular flexibility index (Phi) is 7.56. The molecule has 0 aliphatic carbocycles. The number of fused-ring (bicyclic) bond motifs is 1. The molecule has 0 spiro atoms. The molecule has 2 aliphatic rings. The fraction of sp³-hybridized carbons (Fsp3) is 0.261. The summed E-state index contributed by atoms with van der Waals surface area (Å²) in [7, 11) is 2.14. The normalized spacial score (nSPS) is 17.0. The van der Waals surface area contributed by atoms with Gasteiger partial charge in [0.1, 0.15) is 23.4 Å². The van der Waals surface area contributed by atoms with Gasteiger partial charge in [0.2, 0.25) is 5.88 Å². The summed E-state index contributed by atoms with van der Waals surface area (Å²) >= 11 is 0. The fourth-order valence-corrected chi connectivity index (χ4v) is 3.80. The number of hydrogen-bond acceptors (Lipinski definition) is 6. The first-order chi connectivity index (χ1) is 14.7. The summed E-state index contributed by atoms with van der Waals surface area (Å²) in [5.41, 5.74) is 3.23. The third-order valence-electron chi connectivity index (χ3n) is 5.53. The van der Waals surface area contributed by atoms with Crippen molar-refractivity contribution in [3.63, 3.8) is 0 Å². The number of pyridine rings is 1. The number of piperidine rings is 1. The van der Waals surface area contributed by atoms with Gasteiger partial charge in [-0.25, -0.2) is 9.98 Å². The highest BCUT2D eigenvalue weighted by Crippen LogP contribution is 2.32. The molecule has 2 aromatic heterocycles. The number of ether oxygens (including phenoxy) is 1. The Hall–Kier alpha value is -2.87. The van der Waals surface area contributed by atoms with Crippen molar-refractivity contribution in [1.82, 2.24) is 19.9 Å². The van der Waals surface area contributed by atoms with Crippen LogP contribution in [0.3, 0.4) is 0 Å². The van der Waals surface area contributed by atoms with E-state index in [0.717, 1.165) is 48.4 Å². The van der Waals surface area contributed by atoms with Crippen molar-refractivity contribution < 1.29 is 9.84 Å². The van der Waals surface area contributed by atoms with E-state index < -0.39 is 0 Å². The van der Waals surface area contributed by atoms with Gasteiger partial charge in [-0.2, -0.15) is 4.98 Å². The van der Waals surface area contributed by atoms with Gasteiger partial charge in [-0.3, -0.25) is 0 Å². The zero-order valence-corrected chi connectivity index (χ0v) is 19.2. The highest BCUT2D eigenvalue weighted by molar-refractivity contribution is 6.20. The molecule has 0 amide bonds. The lowest BCUT2D eigenvalue weighted by molar-refractivity contribution is 0.114. The van der Waals surface area contributed by atoms with Crippen LogP contribution < -0.4 is 4.74 Å². The Labute approximate surface area is 199 Å². The minimum absolute atomic E-state index is 0. The molecule has 1 aromatic carbocycles. The van der Waals surface area contributed by atoms with E-state index in [1.165, 1.54) is 0 Å². The molecule has 4 heterocycles. The Morgan fingerprint density at radius 1 is 1.12 bits per heavy atom. The first-order valence-electron chi connectivity index (χ1n) is 10.1. The number of benzene rings is 1. The summed E-state index contributed by atoms with van der Waals surface area (Å²) in [5, 5.41) is 10.3. The third kappa shape index (κ3) is 4.96. The first kappa shape index (κ1) is 23.8. The van der Waals surface area contributed by atoms with Crippen LogP contribution in [0.25, 0.3) is 23.0 Å². The van der Waals surface area contributed by atoms with Gasteiger partial charge in [0.25, 0.3) is 0 Å². The van der Waals surface area contributed by atoms with Gasteiger partial charge in [0.05, 0.1) is 0 Å². The second kappa shape index (κ2) is 10.2. The van der Waals surface area contributed by atoms with Crippen molar-refractivity contribution in [2.75, 3.05) is 20.1 Å². The van der Waals surface area contributed by atoms with Crippen LogP contribution in [0.2, 0.25) is 0 Å². The van der Waals surface area contributed by atoms with Gasteiger partial charge in [0.15, 0.2) is 5.82 Å². The largest absolute Gasteiger partial charge is 0.492 e. The summed E-state index contributed by atoms with van der Waals surface area (Å²) in [6.45, 7) is 2.13. The molecule has 0 bridgehead atoms. The Balaban J connectivity index is 0.00000144. The van der Waals surface area contributed by atoms with E-state index in [1.807, 2.05) is 42.5 Å². The van der Waals surface area contributed by atoms with E-state index in [4.69, 9.17) is 4.74 Å². The maximum absolute atomic E-state index is 10.3. The van der Waals surface area contributed by atoms with Crippen molar-refractivity contribution >= 4 is 48.5 Å². The number of likely N-dealkylation sites (tertiary alicyclic amines) is 1. The number of aliphatic imine (C=N–C) groups is 1. The third-order valence-corrected chi connectivity index (χ3v) is 5.53. The van der Waals surface area contributed by atoms with Crippen LogP contribution in [0, 0.1) is 0 Å². The van der Waals surface area contributed by atoms with E-state index in [9.17, 15) is 5.11 Å². The van der Waals surface area contributed by atoms with Gasteiger partial charge in [-0.15, -0.1) is 24.8 Å². The monoisotopic (exact) mass is 473 g/mol. The number of aromatic amines is 1. The maximum atomic E-state index is 10.3. The van der Waals surface area contributed by atoms with E-state index in [-0.39, 0.29) is 36.8 Å². The lowest BCUT2D eigenvalue weighted by Crippen LogP contribution is -2.35. The van der Waals surface area contributed by atoms with Crippen LogP contribution in [-0.2, 0) is 0 Å². The molecule has 0 unspecified atom stereocenters. The number of allylic oxidation sites excluding steroid dienone is 1. The van der Waals surface area contributed by atoms with Gasteiger partial charge in [-0.1, -0.05) is 0 Å². The lowest BCUT2D eigenvalue weighted by Gasteiger charge is -2.29. The summed E-state index contributed by atoms with van der Waals surface area (Å²) in [4.78, 5) is 18.3. The molecule has 3 aromatic rings. The van der Waals surface area contributed by atoms with E-state index in [0.29, 0.717) is 17.3 Å². The molecule has 2 aliphatic heterocycles. The molecule has 5 rings (SSSR count). The highest BCUT2D eigenvalue weighted by atomic mass is 35.5. The number of imidazole rings is 1. The highest BCUT2D eigenvalue weighted by Gasteiger charge is 2.18. The number of rotatable bonds is 4. The van der Waals surface area contributed by atoms with Crippen LogP contribution in [0.4, 0.5) is 5.82 Å². The molecule has 9 heteroatoms. The Morgan fingerprint density at radius 3 is 2.62 bits per heavy atom. The van der Waals surface area contributed by atoms with Crippen LogP contribution in [-0.4, -0.2) is 57.4 Å². The van der Waals surface area contributed by atoms with Crippen LogP contribution in [0.5, 0.6) is 11.6 Å². The summed E-state index contributed by atoms with van der Waals surface area (Å²) in [6, 6.07) is 11.6. The zero-order chi connectivity index (χ0) is 20.5. The van der Waals surface area contributed by atoms with Crippen LogP contribution >= 0.6 is 24.8 Å².